The van der Waals surface area contributed by atoms with Crippen molar-refractivity contribution >= 4 is 11.7 Å². The highest BCUT2D eigenvalue weighted by molar-refractivity contribution is 5.89. The molecule has 28 heavy (non-hydrogen) atoms. The van der Waals surface area contributed by atoms with Gasteiger partial charge in [-0.25, -0.2) is 4.79 Å². The van der Waals surface area contributed by atoms with Gasteiger partial charge in [0.1, 0.15) is 0 Å². The van der Waals surface area contributed by atoms with E-state index in [0.29, 0.717) is 29.6 Å². The second kappa shape index (κ2) is 8.24. The maximum Gasteiger partial charge on any atom is 0.337 e. The molecule has 1 aliphatic heterocycles. The molecule has 1 fully saturated rings. The van der Waals surface area contributed by atoms with Crippen molar-refractivity contribution < 1.29 is 14.6 Å². The van der Waals surface area contributed by atoms with Crippen molar-refractivity contribution in [3.63, 3.8) is 0 Å². The Morgan fingerprint density at radius 2 is 2.00 bits per heavy atom. The van der Waals surface area contributed by atoms with E-state index >= 15 is 0 Å². The summed E-state index contributed by atoms with van der Waals surface area (Å²) in [5.74, 6) is -1.03. The highest BCUT2D eigenvalue weighted by Crippen LogP contribution is 2.39. The van der Waals surface area contributed by atoms with Crippen LogP contribution in [0.4, 0.5) is 5.69 Å². The van der Waals surface area contributed by atoms with E-state index in [9.17, 15) is 9.90 Å². The molecular formula is C21H28N4O3. The minimum Gasteiger partial charge on any atom is -0.478 e. The SMILES string of the molecule is CCOC1(c2cnc(-c3cncc(C(=O)O)c3)c(N)c2)CCN(C(C)C)CC1. The fourth-order valence-corrected chi connectivity index (χ4v) is 3.85. The van der Waals surface area contributed by atoms with E-state index in [1.54, 1.807) is 12.4 Å². The van der Waals surface area contributed by atoms with Gasteiger partial charge < -0.3 is 20.5 Å². The van der Waals surface area contributed by atoms with Gasteiger partial charge in [0.2, 0.25) is 0 Å². The van der Waals surface area contributed by atoms with Crippen LogP contribution in [0.25, 0.3) is 11.3 Å². The Kier molecular flexibility index (Phi) is 5.96. The largest absolute Gasteiger partial charge is 0.478 e. The quantitative estimate of drug-likeness (QED) is 0.789. The summed E-state index contributed by atoms with van der Waals surface area (Å²) >= 11 is 0. The number of nitrogens with two attached hydrogens (primary N) is 1. The van der Waals surface area contributed by atoms with Crippen LogP contribution >= 0.6 is 0 Å². The number of anilines is 1. The number of piperidine rings is 1. The molecule has 2 aromatic rings. The van der Waals surface area contributed by atoms with Crippen LogP contribution in [0.5, 0.6) is 0 Å². The Balaban J connectivity index is 1.92. The summed E-state index contributed by atoms with van der Waals surface area (Å²) in [5.41, 5.74) is 8.62. The standard InChI is InChI=1S/C21H28N4O3/c1-4-28-21(5-7-25(8-6-21)14(2)3)17-10-18(22)19(24-13-17)15-9-16(20(26)27)12-23-11-15/h9-14H,4-8,22H2,1-3H3,(H,26,27). The second-order valence-corrected chi connectivity index (χ2v) is 7.49. The van der Waals surface area contributed by atoms with Crippen LogP contribution in [0.15, 0.2) is 30.7 Å². The number of hydrogen-bond donors (Lipinski definition) is 2. The maximum atomic E-state index is 11.2. The minimum atomic E-state index is -1.03. The lowest BCUT2D eigenvalue weighted by Crippen LogP contribution is -2.46. The molecule has 0 aliphatic carbocycles. The van der Waals surface area contributed by atoms with E-state index in [-0.39, 0.29) is 11.2 Å². The van der Waals surface area contributed by atoms with E-state index in [1.807, 2.05) is 13.0 Å². The molecule has 0 radical (unpaired) electrons. The average molecular weight is 384 g/mol. The molecule has 3 heterocycles. The highest BCUT2D eigenvalue weighted by Gasteiger charge is 2.38. The average Bonchev–Trinajstić information content (AvgIpc) is 2.68. The zero-order valence-corrected chi connectivity index (χ0v) is 16.7. The zero-order valence-electron chi connectivity index (χ0n) is 16.7. The van der Waals surface area contributed by atoms with E-state index in [0.717, 1.165) is 31.5 Å². The number of nitrogen functional groups attached to an aromatic ring is 1. The highest BCUT2D eigenvalue weighted by atomic mass is 16.5. The van der Waals surface area contributed by atoms with Crippen molar-refractivity contribution in [2.75, 3.05) is 25.4 Å². The van der Waals surface area contributed by atoms with Crippen LogP contribution < -0.4 is 5.73 Å². The Hall–Kier alpha value is -2.51. The van der Waals surface area contributed by atoms with Gasteiger partial charge in [-0.2, -0.15) is 0 Å². The number of rotatable bonds is 6. The molecule has 0 saturated carbocycles. The van der Waals surface area contributed by atoms with Crippen LogP contribution in [0.2, 0.25) is 0 Å². The number of carboxylic acid groups (broad SMARTS) is 1. The van der Waals surface area contributed by atoms with E-state index in [2.05, 4.69) is 28.7 Å². The van der Waals surface area contributed by atoms with Gasteiger partial charge in [-0.1, -0.05) is 0 Å². The normalized spacial score (nSPS) is 17.0. The second-order valence-electron chi connectivity index (χ2n) is 7.49. The van der Waals surface area contributed by atoms with E-state index in [4.69, 9.17) is 10.5 Å². The molecule has 1 aliphatic rings. The van der Waals surface area contributed by atoms with Gasteiger partial charge in [0, 0.05) is 55.5 Å². The Labute approximate surface area is 165 Å². The van der Waals surface area contributed by atoms with Crippen LogP contribution in [0.3, 0.4) is 0 Å². The first-order valence-electron chi connectivity index (χ1n) is 9.69. The third-order valence-corrected chi connectivity index (χ3v) is 5.46. The first kappa shape index (κ1) is 20.2. The lowest BCUT2D eigenvalue weighted by Gasteiger charge is -2.43. The van der Waals surface area contributed by atoms with Gasteiger partial charge in [-0.15, -0.1) is 0 Å². The van der Waals surface area contributed by atoms with Crippen LogP contribution in [-0.2, 0) is 10.3 Å². The van der Waals surface area contributed by atoms with Crippen LogP contribution in [0, 0.1) is 0 Å². The number of aromatic nitrogens is 2. The topological polar surface area (TPSA) is 102 Å². The molecule has 3 rings (SSSR count). The first-order chi connectivity index (χ1) is 13.4. The molecule has 0 aromatic carbocycles. The fraction of sp³-hybridized carbons (Fsp3) is 0.476. The molecule has 7 nitrogen and oxygen atoms in total. The lowest BCUT2D eigenvalue weighted by atomic mass is 9.84. The van der Waals surface area contributed by atoms with Gasteiger partial charge in [0.15, 0.2) is 0 Å². The van der Waals surface area contributed by atoms with Gasteiger partial charge in [0.05, 0.1) is 22.5 Å². The van der Waals surface area contributed by atoms with Crippen molar-refractivity contribution in [3.05, 3.63) is 41.9 Å². The summed E-state index contributed by atoms with van der Waals surface area (Å²) in [6.45, 7) is 8.97. The summed E-state index contributed by atoms with van der Waals surface area (Å²) in [6.07, 6.45) is 6.46. The lowest BCUT2D eigenvalue weighted by molar-refractivity contribution is -0.0887. The van der Waals surface area contributed by atoms with Crippen molar-refractivity contribution in [1.29, 1.82) is 0 Å². The fourth-order valence-electron chi connectivity index (χ4n) is 3.85. The molecule has 0 atom stereocenters. The molecule has 3 N–H and O–H groups in total. The number of hydrogen-bond acceptors (Lipinski definition) is 6. The third-order valence-electron chi connectivity index (χ3n) is 5.46. The number of pyridine rings is 2. The number of ether oxygens (including phenoxy) is 1. The smallest absolute Gasteiger partial charge is 0.337 e. The summed E-state index contributed by atoms with van der Waals surface area (Å²) < 4.78 is 6.22. The van der Waals surface area contributed by atoms with Gasteiger partial charge in [0.25, 0.3) is 0 Å². The first-order valence-corrected chi connectivity index (χ1v) is 9.69. The van der Waals surface area contributed by atoms with Crippen molar-refractivity contribution in [2.24, 2.45) is 0 Å². The molecule has 0 bridgehead atoms. The molecule has 7 heteroatoms. The molecule has 2 aromatic heterocycles. The number of carbonyl (C=O) groups is 1. The Morgan fingerprint density at radius 3 is 2.57 bits per heavy atom. The molecule has 1 saturated heterocycles. The van der Waals surface area contributed by atoms with Crippen molar-refractivity contribution in [3.8, 4) is 11.3 Å². The van der Waals surface area contributed by atoms with E-state index < -0.39 is 5.97 Å². The number of nitrogens with zero attached hydrogens (tertiary/aromatic N) is 3. The van der Waals surface area contributed by atoms with E-state index in [1.165, 1.54) is 12.3 Å². The third kappa shape index (κ3) is 4.00. The molecular weight excluding hydrogens is 356 g/mol. The predicted octanol–water partition coefficient (Wildman–Crippen LogP) is 3.16. The Morgan fingerprint density at radius 1 is 1.29 bits per heavy atom. The predicted molar refractivity (Wildman–Crippen MR) is 108 cm³/mol. The molecule has 0 unspecified atom stereocenters. The number of carboxylic acids is 1. The monoisotopic (exact) mass is 384 g/mol. The molecule has 0 amide bonds. The van der Waals surface area contributed by atoms with Gasteiger partial charge in [-0.3, -0.25) is 9.97 Å². The summed E-state index contributed by atoms with van der Waals surface area (Å²) in [4.78, 5) is 22.2. The molecule has 0 spiro atoms. The molecule has 150 valence electrons. The summed E-state index contributed by atoms with van der Waals surface area (Å²) in [7, 11) is 0. The van der Waals surface area contributed by atoms with Crippen LogP contribution in [-0.4, -0.2) is 51.7 Å². The van der Waals surface area contributed by atoms with Crippen molar-refractivity contribution in [2.45, 2.75) is 45.3 Å². The Bertz CT molecular complexity index is 845. The summed E-state index contributed by atoms with van der Waals surface area (Å²) in [5, 5.41) is 9.18. The van der Waals surface area contributed by atoms with Gasteiger partial charge >= 0.3 is 5.97 Å². The van der Waals surface area contributed by atoms with Crippen molar-refractivity contribution in [1.82, 2.24) is 14.9 Å². The van der Waals surface area contributed by atoms with Gasteiger partial charge in [-0.05, 0) is 45.7 Å². The maximum absolute atomic E-state index is 11.2. The van der Waals surface area contributed by atoms with Crippen LogP contribution in [0.1, 0.15) is 49.5 Å². The summed E-state index contributed by atoms with van der Waals surface area (Å²) in [6, 6.07) is 3.96. The number of aromatic carboxylic acids is 1. The minimum absolute atomic E-state index is 0.106. The zero-order chi connectivity index (χ0) is 20.3. The number of likely N-dealkylation sites (tertiary alicyclic amines) is 1.